The first-order valence-electron chi connectivity index (χ1n) is 27.8. The van der Waals surface area contributed by atoms with Gasteiger partial charge in [-0.05, 0) is 177 Å². The molecule has 0 saturated heterocycles. The molecule has 1 unspecified atom stereocenters. The van der Waals surface area contributed by atoms with Crippen LogP contribution in [0.5, 0.6) is 23.0 Å². The fraction of sp³-hybridized carbons (Fsp3) is 0.362. The Bertz CT molecular complexity index is 3120. The molecule has 14 heteroatoms. The minimum atomic E-state index is -0.938. The monoisotopic (exact) mass is 1200 g/mol. The van der Waals surface area contributed by atoms with Gasteiger partial charge < -0.3 is 34.3 Å². The van der Waals surface area contributed by atoms with Crippen molar-refractivity contribution in [3.05, 3.63) is 200 Å². The number of hydrogen-bond donors (Lipinski definition) is 4. The van der Waals surface area contributed by atoms with E-state index in [0.29, 0.717) is 28.5 Å². The maximum Gasteiger partial charge on any atom is 0.343 e. The van der Waals surface area contributed by atoms with Gasteiger partial charge in [0.25, 0.3) is 0 Å². The summed E-state index contributed by atoms with van der Waals surface area (Å²) in [6.45, 7) is 24.0. The van der Waals surface area contributed by atoms with Crippen LogP contribution in [0, 0.1) is 5.92 Å². The normalized spacial score (nSPS) is 11.2. The molecule has 0 aliphatic rings. The number of halogens is 1. The number of benzene rings is 4. The van der Waals surface area contributed by atoms with Crippen LogP contribution in [-0.4, -0.2) is 68.3 Å². The first-order valence-corrected chi connectivity index (χ1v) is 28.9. The van der Waals surface area contributed by atoms with E-state index in [2.05, 4.69) is 93.4 Å². The SMILES string of the molecule is CC(=O)c1ccccc1O.CC(C)=CCC/C(C)=C/CBr.CC(C)=CCC/C(C)=C/Cc1c(O)c2ccccc2oc1=O.CCOC(=O)C(C/C=C(\C)CCC=C(C)C)C(=O)c1ccccc1O.CCOC(=O)CC(=O)c1ccccc1O. The molecule has 1 heterocycles. The smallest absolute Gasteiger partial charge is 0.343 e. The third-order valence-corrected chi connectivity index (χ3v) is 12.4. The summed E-state index contributed by atoms with van der Waals surface area (Å²) in [5.74, 6) is -3.19. The maximum absolute atomic E-state index is 12.7. The molecular formula is C69H87BrO13. The number of phenolic OH excluding ortho intramolecular Hbond substituents is 3. The van der Waals surface area contributed by atoms with Crippen molar-refractivity contribution < 1.29 is 58.3 Å². The third kappa shape index (κ3) is 30.2. The highest BCUT2D eigenvalue weighted by Gasteiger charge is 2.29. The van der Waals surface area contributed by atoms with E-state index in [1.54, 1.807) is 74.5 Å². The van der Waals surface area contributed by atoms with Crippen molar-refractivity contribution in [1.29, 1.82) is 0 Å². The van der Waals surface area contributed by atoms with E-state index in [0.717, 1.165) is 36.6 Å². The minimum absolute atomic E-state index is 0.0280. The van der Waals surface area contributed by atoms with Gasteiger partial charge in [-0.3, -0.25) is 24.0 Å². The predicted octanol–water partition coefficient (Wildman–Crippen LogP) is 16.8. The number of esters is 2. The van der Waals surface area contributed by atoms with E-state index in [9.17, 15) is 44.1 Å². The van der Waals surface area contributed by atoms with Gasteiger partial charge in [0, 0.05) is 11.8 Å². The van der Waals surface area contributed by atoms with Gasteiger partial charge in [-0.2, -0.15) is 0 Å². The van der Waals surface area contributed by atoms with Crippen molar-refractivity contribution in [2.24, 2.45) is 5.92 Å². The Hall–Kier alpha value is -7.84. The molecule has 5 aromatic rings. The summed E-state index contributed by atoms with van der Waals surface area (Å²) >= 11 is 3.38. The molecule has 83 heavy (non-hydrogen) atoms. The molecule has 0 radical (unpaired) electrons. The van der Waals surface area contributed by atoms with Crippen molar-refractivity contribution in [2.75, 3.05) is 18.5 Å². The molecule has 13 nitrogen and oxygen atoms in total. The lowest BCUT2D eigenvalue weighted by atomic mass is 9.92. The van der Waals surface area contributed by atoms with Crippen LogP contribution in [0.25, 0.3) is 11.0 Å². The Morgan fingerprint density at radius 3 is 1.42 bits per heavy atom. The van der Waals surface area contributed by atoms with Crippen molar-refractivity contribution >= 4 is 56.2 Å². The predicted molar refractivity (Wildman–Crippen MR) is 338 cm³/mol. The summed E-state index contributed by atoms with van der Waals surface area (Å²) in [6.07, 6.45) is 19.2. The van der Waals surface area contributed by atoms with Gasteiger partial charge in [-0.15, -0.1) is 0 Å². The molecule has 448 valence electrons. The average Bonchev–Trinajstić information content (AvgIpc) is 3.45. The van der Waals surface area contributed by atoms with Gasteiger partial charge in [-0.25, -0.2) is 4.79 Å². The lowest BCUT2D eigenvalue weighted by Crippen LogP contribution is -2.26. The van der Waals surface area contributed by atoms with Crippen LogP contribution in [0.1, 0.15) is 171 Å². The number of rotatable bonds is 23. The number of allylic oxidation sites excluding steroid dienone is 12. The molecule has 0 fully saturated rings. The van der Waals surface area contributed by atoms with Gasteiger partial charge in [-0.1, -0.05) is 134 Å². The van der Waals surface area contributed by atoms with Crippen LogP contribution < -0.4 is 5.63 Å². The first-order chi connectivity index (χ1) is 39.4. The summed E-state index contributed by atoms with van der Waals surface area (Å²) < 4.78 is 14.9. The zero-order valence-corrected chi connectivity index (χ0v) is 52.2. The van der Waals surface area contributed by atoms with Crippen LogP contribution in [0.2, 0.25) is 0 Å². The third-order valence-electron chi connectivity index (χ3n) is 12.1. The van der Waals surface area contributed by atoms with Crippen molar-refractivity contribution in [2.45, 2.75) is 141 Å². The summed E-state index contributed by atoms with van der Waals surface area (Å²) in [5.41, 5.74) is 8.72. The number of ether oxygens (including phenoxy) is 2. The number of phenols is 3. The van der Waals surface area contributed by atoms with Crippen molar-refractivity contribution in [1.82, 2.24) is 0 Å². The van der Waals surface area contributed by atoms with Gasteiger partial charge in [0.15, 0.2) is 17.3 Å². The van der Waals surface area contributed by atoms with Crippen LogP contribution >= 0.6 is 15.9 Å². The largest absolute Gasteiger partial charge is 0.507 e. The quantitative estimate of drug-likeness (QED) is 0.0120. The second-order valence-corrected chi connectivity index (χ2v) is 20.7. The Morgan fingerprint density at radius 2 is 0.976 bits per heavy atom. The number of hydrogen-bond acceptors (Lipinski definition) is 13. The van der Waals surface area contributed by atoms with Gasteiger partial charge in [0.1, 0.15) is 40.9 Å². The Morgan fingerprint density at radius 1 is 0.542 bits per heavy atom. The van der Waals surface area contributed by atoms with Crippen LogP contribution in [-0.2, 0) is 25.5 Å². The number of alkyl halides is 1. The van der Waals surface area contributed by atoms with Crippen LogP contribution in [0.15, 0.2) is 176 Å². The van der Waals surface area contributed by atoms with E-state index >= 15 is 0 Å². The van der Waals surface area contributed by atoms with Gasteiger partial charge >= 0.3 is 17.6 Å². The second-order valence-electron chi connectivity index (χ2n) is 20.1. The number of carbonyl (C=O) groups is 5. The molecule has 0 spiro atoms. The summed E-state index contributed by atoms with van der Waals surface area (Å²) in [4.78, 5) is 70.1. The molecule has 1 aromatic heterocycles. The Balaban J connectivity index is 0.000000541. The number of ketones is 3. The number of para-hydroxylation sites is 4. The van der Waals surface area contributed by atoms with E-state index in [1.807, 2.05) is 32.1 Å². The lowest BCUT2D eigenvalue weighted by molar-refractivity contribution is -0.146. The molecule has 0 aliphatic heterocycles. The molecule has 5 rings (SSSR count). The number of Topliss-reactive ketones (excluding diaryl/α,β-unsaturated/α-hetero) is 3. The van der Waals surface area contributed by atoms with Crippen LogP contribution in [0.3, 0.4) is 0 Å². The molecule has 1 atom stereocenters. The molecule has 4 aromatic carbocycles. The molecule has 4 N–H and O–H groups in total. The van der Waals surface area contributed by atoms with Crippen LogP contribution in [0.4, 0.5) is 0 Å². The molecule has 0 aliphatic carbocycles. The Labute approximate surface area is 500 Å². The highest BCUT2D eigenvalue weighted by atomic mass is 79.9. The number of aromatic hydroxyl groups is 4. The fourth-order valence-corrected chi connectivity index (χ4v) is 8.05. The molecule has 0 amide bonds. The number of carbonyl (C=O) groups excluding carboxylic acids is 5. The summed E-state index contributed by atoms with van der Waals surface area (Å²) in [6, 6.07) is 25.9. The van der Waals surface area contributed by atoms with Crippen molar-refractivity contribution in [3.8, 4) is 23.0 Å². The number of fused-ring (bicyclic) bond motifs is 1. The standard InChI is InChI=1S/C21H28O4.C19H22O3.C11H12O4.C10H17Br.C8H8O2/c1-5-25-21(24)18(14-13-16(4)10-8-9-15(2)3)20(23)17-11-6-7-12-19(17)22;1-13(2)7-6-8-14(3)11-12-16-18(20)15-9-4-5-10-17(15)22-19(16)21;1-2-15-11(14)7-10(13)8-5-3-4-6-9(8)12;1-9(2)5-4-6-10(3)7-8-11;1-6(9)7-4-2-3-5-8(7)10/h6-7,9,11-13,18,22H,5,8,10,14H2,1-4H3;4-5,7,9-11,20H,6,8,12H2,1-3H3;3-6,12H,2,7H2,1H3;5,7H,4,6,8H2,1-3H3;2-5,10H,1H3/b16-13+;14-11+;;10-7+;. The molecular weight excluding hydrogens is 1120 g/mol. The van der Waals surface area contributed by atoms with E-state index in [4.69, 9.17) is 14.3 Å². The molecule has 0 saturated carbocycles. The summed E-state index contributed by atoms with van der Waals surface area (Å²) in [7, 11) is 0. The highest BCUT2D eigenvalue weighted by molar-refractivity contribution is 9.09. The summed E-state index contributed by atoms with van der Waals surface area (Å²) in [5, 5.41) is 40.2. The molecule has 0 bridgehead atoms. The lowest BCUT2D eigenvalue weighted by Gasteiger charge is -2.14. The zero-order valence-electron chi connectivity index (χ0n) is 50.6. The fourth-order valence-electron chi connectivity index (χ4n) is 7.49. The minimum Gasteiger partial charge on any atom is -0.507 e. The highest BCUT2D eigenvalue weighted by Crippen LogP contribution is 2.27. The maximum atomic E-state index is 12.7. The average molecular weight is 1200 g/mol. The van der Waals surface area contributed by atoms with E-state index in [1.165, 1.54) is 78.0 Å². The van der Waals surface area contributed by atoms with Gasteiger partial charge in [0.05, 0.1) is 40.9 Å². The zero-order chi connectivity index (χ0) is 62.4. The van der Waals surface area contributed by atoms with E-state index < -0.39 is 35.0 Å². The topological polar surface area (TPSA) is 215 Å². The Kier molecular flexibility index (Phi) is 36.3. The van der Waals surface area contributed by atoms with Gasteiger partial charge in [0.2, 0.25) is 0 Å². The van der Waals surface area contributed by atoms with E-state index in [-0.39, 0.29) is 66.0 Å². The first kappa shape index (κ1) is 73.2. The second kappa shape index (κ2) is 41.2. The van der Waals surface area contributed by atoms with Crippen molar-refractivity contribution in [3.63, 3.8) is 0 Å².